The maximum atomic E-state index is 15.5. The van der Waals surface area contributed by atoms with Crippen molar-refractivity contribution in [3.05, 3.63) is 39.7 Å². The summed E-state index contributed by atoms with van der Waals surface area (Å²) in [6.07, 6.45) is 4.06. The Morgan fingerprint density at radius 3 is 2.64 bits per heavy atom. The lowest BCUT2D eigenvalue weighted by Crippen LogP contribution is -2.37. The van der Waals surface area contributed by atoms with E-state index in [-0.39, 0.29) is 29.2 Å². The van der Waals surface area contributed by atoms with Crippen LogP contribution in [0.4, 0.5) is 14.5 Å². The summed E-state index contributed by atoms with van der Waals surface area (Å²) in [5.74, 6) is -3.04. The number of aromatic nitrogens is 1. The van der Waals surface area contributed by atoms with E-state index in [0.717, 1.165) is 31.5 Å². The number of fused-ring (bicyclic) bond motifs is 3. The number of pyridine rings is 1. The molecule has 0 aliphatic carbocycles. The Kier molecular flexibility index (Phi) is 4.61. The Hall–Kier alpha value is -2.48. The van der Waals surface area contributed by atoms with Gasteiger partial charge in [-0.05, 0) is 39.3 Å². The van der Waals surface area contributed by atoms with Crippen molar-refractivity contribution in [1.82, 2.24) is 9.47 Å². The molecule has 2 aliphatic heterocycles. The maximum absolute atomic E-state index is 15.5. The summed E-state index contributed by atoms with van der Waals surface area (Å²) in [6, 6.07) is 1.65. The lowest BCUT2D eigenvalue weighted by atomic mass is 10.1. The monoisotopic (exact) mass is 391 g/mol. The van der Waals surface area contributed by atoms with Crippen LogP contribution in [0.5, 0.6) is 0 Å². The van der Waals surface area contributed by atoms with Crippen LogP contribution in [0.15, 0.2) is 17.1 Å². The molecule has 6 nitrogen and oxygen atoms in total. The summed E-state index contributed by atoms with van der Waals surface area (Å²) >= 11 is 0. The Balaban J connectivity index is 1.90. The smallest absolute Gasteiger partial charge is 0.341 e. The number of carbonyl (C=O) groups is 1. The second kappa shape index (κ2) is 6.84. The Bertz CT molecular complexity index is 1020. The molecule has 4 rings (SSSR count). The molecule has 2 atom stereocenters. The van der Waals surface area contributed by atoms with E-state index in [9.17, 15) is 19.1 Å². The average Bonchev–Trinajstić information content (AvgIpc) is 2.89. The summed E-state index contributed by atoms with van der Waals surface area (Å²) in [4.78, 5) is 27.9. The number of likely N-dealkylation sites (N-methyl/N-ethyl adjacent to an activating group) is 1. The third-order valence-electron chi connectivity index (χ3n) is 6.27. The predicted octanol–water partition coefficient (Wildman–Crippen LogP) is 2.67. The van der Waals surface area contributed by atoms with Crippen molar-refractivity contribution >= 4 is 22.6 Å². The molecule has 0 amide bonds. The third-order valence-corrected chi connectivity index (χ3v) is 6.27. The van der Waals surface area contributed by atoms with Gasteiger partial charge in [0, 0.05) is 37.9 Å². The van der Waals surface area contributed by atoms with E-state index in [4.69, 9.17) is 0 Å². The van der Waals surface area contributed by atoms with Crippen LogP contribution in [-0.2, 0) is 6.54 Å². The fourth-order valence-electron chi connectivity index (χ4n) is 4.68. The molecule has 1 aromatic carbocycles. The van der Waals surface area contributed by atoms with E-state index in [1.807, 2.05) is 0 Å². The van der Waals surface area contributed by atoms with E-state index < -0.39 is 28.6 Å². The van der Waals surface area contributed by atoms with Crippen molar-refractivity contribution in [1.29, 1.82) is 0 Å². The molecule has 2 saturated heterocycles. The van der Waals surface area contributed by atoms with Gasteiger partial charge in [0.05, 0.1) is 10.9 Å². The van der Waals surface area contributed by atoms with Crippen molar-refractivity contribution < 1.29 is 18.7 Å². The van der Waals surface area contributed by atoms with E-state index >= 15 is 4.39 Å². The molecule has 0 radical (unpaired) electrons. The minimum absolute atomic E-state index is 0.0448. The molecule has 2 aromatic rings. The second-order valence-corrected chi connectivity index (χ2v) is 7.67. The molecule has 0 unspecified atom stereocenters. The highest BCUT2D eigenvalue weighted by atomic mass is 19.1. The zero-order valence-electron chi connectivity index (χ0n) is 15.9. The van der Waals surface area contributed by atoms with Crippen molar-refractivity contribution in [2.24, 2.45) is 0 Å². The molecule has 2 aliphatic rings. The van der Waals surface area contributed by atoms with Gasteiger partial charge in [0.15, 0.2) is 5.82 Å². The van der Waals surface area contributed by atoms with Crippen LogP contribution in [0.3, 0.4) is 0 Å². The molecule has 2 fully saturated rings. The van der Waals surface area contributed by atoms with Crippen LogP contribution < -0.4 is 10.3 Å². The van der Waals surface area contributed by atoms with Crippen molar-refractivity contribution in [2.75, 3.05) is 25.0 Å². The first-order chi connectivity index (χ1) is 13.3. The third kappa shape index (κ3) is 2.78. The van der Waals surface area contributed by atoms with Gasteiger partial charge in [-0.15, -0.1) is 0 Å². The minimum Gasteiger partial charge on any atom is -0.477 e. The Labute approximate surface area is 161 Å². The lowest BCUT2D eigenvalue weighted by molar-refractivity contribution is 0.0695. The van der Waals surface area contributed by atoms with E-state index in [2.05, 4.69) is 11.9 Å². The van der Waals surface area contributed by atoms with Crippen LogP contribution in [0.1, 0.15) is 36.5 Å². The number of hydrogen-bond donors (Lipinski definition) is 1. The first-order valence-electron chi connectivity index (χ1n) is 9.58. The molecular weight excluding hydrogens is 368 g/mol. The number of rotatable bonds is 3. The van der Waals surface area contributed by atoms with Crippen molar-refractivity contribution in [3.8, 4) is 0 Å². The largest absolute Gasteiger partial charge is 0.477 e. The summed E-state index contributed by atoms with van der Waals surface area (Å²) in [6.45, 7) is 3.04. The molecular formula is C20H23F2N3O3. The van der Waals surface area contributed by atoms with Crippen molar-refractivity contribution in [3.63, 3.8) is 0 Å². The van der Waals surface area contributed by atoms with Gasteiger partial charge in [-0.3, -0.25) is 9.69 Å². The first kappa shape index (κ1) is 18.9. The van der Waals surface area contributed by atoms with Gasteiger partial charge in [0.2, 0.25) is 5.43 Å². The van der Waals surface area contributed by atoms with Gasteiger partial charge in [-0.2, -0.15) is 0 Å². The first-order valence-corrected chi connectivity index (χ1v) is 9.58. The number of hydrogen-bond acceptors (Lipinski definition) is 4. The number of halogens is 2. The number of nitrogens with zero attached hydrogens (tertiary/aromatic N) is 3. The average molecular weight is 391 g/mol. The Morgan fingerprint density at radius 1 is 1.25 bits per heavy atom. The van der Waals surface area contributed by atoms with Crippen LogP contribution in [0, 0.1) is 11.6 Å². The van der Waals surface area contributed by atoms with Gasteiger partial charge in [0.25, 0.3) is 0 Å². The predicted molar refractivity (Wildman–Crippen MR) is 102 cm³/mol. The number of benzene rings is 1. The molecule has 0 spiro atoms. The topological polar surface area (TPSA) is 65.8 Å². The SMILES string of the molecule is CCn1cc(C(=O)O)c(=O)c2cc(F)c(N3CC[C@H]4CC[C@@H](C3)N4C)c(F)c21. The van der Waals surface area contributed by atoms with Gasteiger partial charge < -0.3 is 14.6 Å². The van der Waals surface area contributed by atoms with Gasteiger partial charge in [-0.1, -0.05) is 0 Å². The minimum atomic E-state index is -1.41. The summed E-state index contributed by atoms with van der Waals surface area (Å²) in [5, 5.41) is 9.00. The Morgan fingerprint density at radius 2 is 1.96 bits per heavy atom. The maximum Gasteiger partial charge on any atom is 0.341 e. The fourth-order valence-corrected chi connectivity index (χ4v) is 4.68. The van der Waals surface area contributed by atoms with Gasteiger partial charge in [0.1, 0.15) is 17.1 Å². The summed E-state index contributed by atoms with van der Waals surface area (Å²) in [7, 11) is 2.06. The zero-order valence-corrected chi connectivity index (χ0v) is 15.9. The fraction of sp³-hybridized carbons (Fsp3) is 0.500. The highest BCUT2D eigenvalue weighted by molar-refractivity contribution is 5.93. The van der Waals surface area contributed by atoms with Gasteiger partial charge >= 0.3 is 5.97 Å². The number of carboxylic acid groups (broad SMARTS) is 1. The molecule has 8 heteroatoms. The molecule has 1 aromatic heterocycles. The van der Waals surface area contributed by atoms with Crippen LogP contribution in [-0.4, -0.2) is 52.8 Å². The number of anilines is 1. The molecule has 0 saturated carbocycles. The van der Waals surface area contributed by atoms with E-state index in [1.54, 1.807) is 11.8 Å². The standard InChI is InChI=1S/C20H23F2N3O3/c1-3-24-10-14(20(27)28)19(26)13-8-15(21)18(16(22)17(13)24)25-7-6-11-4-5-12(9-25)23(11)2/h8,10-12H,3-7,9H2,1-2H3,(H,27,28)/t11-,12+/m1/s1. The number of aromatic carboxylic acids is 1. The van der Waals surface area contributed by atoms with Gasteiger partial charge in [-0.25, -0.2) is 13.6 Å². The summed E-state index contributed by atoms with van der Waals surface area (Å²) in [5.41, 5.74) is -1.53. The quantitative estimate of drug-likeness (QED) is 0.872. The second-order valence-electron chi connectivity index (χ2n) is 7.67. The highest BCUT2D eigenvalue weighted by Gasteiger charge is 2.36. The van der Waals surface area contributed by atoms with Crippen LogP contribution in [0.2, 0.25) is 0 Å². The lowest BCUT2D eigenvalue weighted by Gasteiger charge is -2.29. The van der Waals surface area contributed by atoms with Crippen LogP contribution >= 0.6 is 0 Å². The molecule has 28 heavy (non-hydrogen) atoms. The molecule has 150 valence electrons. The van der Waals surface area contributed by atoms with Crippen LogP contribution in [0.25, 0.3) is 10.9 Å². The van der Waals surface area contributed by atoms with E-state index in [1.165, 1.54) is 4.57 Å². The number of aryl methyl sites for hydroxylation is 1. The number of carboxylic acids is 1. The molecule has 2 bridgehead atoms. The zero-order chi connectivity index (χ0) is 20.2. The van der Waals surface area contributed by atoms with Crippen molar-refractivity contribution in [2.45, 2.75) is 44.8 Å². The summed E-state index contributed by atoms with van der Waals surface area (Å²) < 4.78 is 31.9. The van der Waals surface area contributed by atoms with E-state index in [0.29, 0.717) is 19.1 Å². The highest BCUT2D eigenvalue weighted by Crippen LogP contribution is 2.35. The normalized spacial score (nSPS) is 22.6. The molecule has 1 N–H and O–H groups in total. The molecule has 3 heterocycles.